The second kappa shape index (κ2) is 10.7. The number of carbonyl (C=O) groups is 1. The van der Waals surface area contributed by atoms with Crippen molar-refractivity contribution in [2.45, 2.75) is 17.5 Å². The molecule has 168 valence electrons. The standard InChI is InChI=1S/C23H16BrCl2FN4OS/c24-15-7-5-14(6-8-15)13-33-23-30-29-21(31(23)16-9-10-18(25)19(26)11-16)12-28-22(32)17-3-1-2-4-20(17)27/h1-11H,12-13H2,(H,28,32). The molecule has 0 aliphatic carbocycles. The van der Waals surface area contributed by atoms with Crippen LogP contribution in [0.4, 0.5) is 4.39 Å². The van der Waals surface area contributed by atoms with Crippen molar-refractivity contribution >= 4 is 56.8 Å². The monoisotopic (exact) mass is 564 g/mol. The van der Waals surface area contributed by atoms with E-state index in [1.165, 1.54) is 30.0 Å². The van der Waals surface area contributed by atoms with Crippen LogP contribution >= 0.6 is 50.9 Å². The summed E-state index contributed by atoms with van der Waals surface area (Å²) in [7, 11) is 0. The molecule has 3 aromatic carbocycles. The van der Waals surface area contributed by atoms with Gasteiger partial charge in [0.05, 0.1) is 27.8 Å². The van der Waals surface area contributed by atoms with Crippen molar-refractivity contribution in [3.8, 4) is 5.69 Å². The smallest absolute Gasteiger partial charge is 0.254 e. The Kier molecular flexibility index (Phi) is 7.70. The number of thioether (sulfide) groups is 1. The van der Waals surface area contributed by atoms with Crippen molar-refractivity contribution in [1.29, 1.82) is 0 Å². The third-order valence-corrected chi connectivity index (χ3v) is 6.94. The Morgan fingerprint density at radius 2 is 1.79 bits per heavy atom. The summed E-state index contributed by atoms with van der Waals surface area (Å²) in [4.78, 5) is 12.5. The third-order valence-electron chi connectivity index (χ3n) is 4.67. The van der Waals surface area contributed by atoms with Gasteiger partial charge < -0.3 is 5.32 Å². The van der Waals surface area contributed by atoms with Gasteiger partial charge in [-0.15, -0.1) is 10.2 Å². The highest BCUT2D eigenvalue weighted by Crippen LogP contribution is 2.29. The van der Waals surface area contributed by atoms with Crippen LogP contribution in [0.25, 0.3) is 5.69 Å². The molecule has 0 radical (unpaired) electrons. The molecule has 4 aromatic rings. The van der Waals surface area contributed by atoms with E-state index in [9.17, 15) is 9.18 Å². The number of nitrogens with one attached hydrogen (secondary N) is 1. The lowest BCUT2D eigenvalue weighted by atomic mass is 10.2. The molecule has 0 unspecified atom stereocenters. The van der Waals surface area contributed by atoms with Crippen LogP contribution in [0.1, 0.15) is 21.7 Å². The van der Waals surface area contributed by atoms with E-state index in [-0.39, 0.29) is 12.1 Å². The number of hydrogen-bond acceptors (Lipinski definition) is 4. The zero-order valence-electron chi connectivity index (χ0n) is 16.9. The average Bonchev–Trinajstić information content (AvgIpc) is 3.22. The van der Waals surface area contributed by atoms with Crippen LogP contribution in [0.15, 0.2) is 76.4 Å². The molecule has 1 amide bonds. The summed E-state index contributed by atoms with van der Waals surface area (Å²) >= 11 is 17.3. The van der Waals surface area contributed by atoms with E-state index in [0.717, 1.165) is 10.0 Å². The molecule has 1 aromatic heterocycles. The molecule has 10 heteroatoms. The van der Waals surface area contributed by atoms with Gasteiger partial charge >= 0.3 is 0 Å². The van der Waals surface area contributed by atoms with Gasteiger partial charge in [0.25, 0.3) is 5.91 Å². The first-order chi connectivity index (χ1) is 15.9. The van der Waals surface area contributed by atoms with Crippen LogP contribution < -0.4 is 5.32 Å². The largest absolute Gasteiger partial charge is 0.345 e. The minimum atomic E-state index is -0.591. The summed E-state index contributed by atoms with van der Waals surface area (Å²) in [6, 6.07) is 19.0. The summed E-state index contributed by atoms with van der Waals surface area (Å²) in [6.45, 7) is 0.0409. The maximum Gasteiger partial charge on any atom is 0.254 e. The third kappa shape index (κ3) is 5.76. The van der Waals surface area contributed by atoms with E-state index in [4.69, 9.17) is 23.2 Å². The second-order valence-corrected chi connectivity index (χ2v) is 9.58. The molecule has 0 spiro atoms. The highest BCUT2D eigenvalue weighted by Gasteiger charge is 2.18. The summed E-state index contributed by atoms with van der Waals surface area (Å²) in [6.07, 6.45) is 0. The predicted octanol–water partition coefficient (Wildman–Crippen LogP) is 6.70. The molecular formula is C23H16BrCl2FN4OS. The Morgan fingerprint density at radius 3 is 2.52 bits per heavy atom. The van der Waals surface area contributed by atoms with E-state index in [2.05, 4.69) is 31.4 Å². The quantitative estimate of drug-likeness (QED) is 0.253. The fraction of sp³-hybridized carbons (Fsp3) is 0.0870. The SMILES string of the molecule is O=C(NCc1nnc(SCc2ccc(Br)cc2)n1-c1ccc(Cl)c(Cl)c1)c1ccccc1F. The minimum Gasteiger partial charge on any atom is -0.345 e. The van der Waals surface area contributed by atoms with Crippen LogP contribution in [0.3, 0.4) is 0 Å². The van der Waals surface area contributed by atoms with Gasteiger partial charge in [0.15, 0.2) is 11.0 Å². The van der Waals surface area contributed by atoms with Crippen molar-refractivity contribution in [2.24, 2.45) is 0 Å². The second-order valence-electron chi connectivity index (χ2n) is 6.91. The highest BCUT2D eigenvalue weighted by molar-refractivity contribution is 9.10. The average molecular weight is 566 g/mol. The molecule has 33 heavy (non-hydrogen) atoms. The van der Waals surface area contributed by atoms with Gasteiger partial charge in [0.2, 0.25) is 0 Å². The molecular weight excluding hydrogens is 550 g/mol. The number of rotatable bonds is 7. The van der Waals surface area contributed by atoms with E-state index in [0.29, 0.717) is 32.5 Å². The number of halogens is 4. The number of aromatic nitrogens is 3. The topological polar surface area (TPSA) is 59.8 Å². The summed E-state index contributed by atoms with van der Waals surface area (Å²) in [5, 5.41) is 12.7. The predicted molar refractivity (Wildman–Crippen MR) is 133 cm³/mol. The Bertz CT molecular complexity index is 1300. The van der Waals surface area contributed by atoms with Gasteiger partial charge in [-0.3, -0.25) is 9.36 Å². The Morgan fingerprint density at radius 1 is 1.03 bits per heavy atom. The molecule has 0 aliphatic rings. The lowest BCUT2D eigenvalue weighted by Crippen LogP contribution is -2.25. The summed E-state index contributed by atoms with van der Waals surface area (Å²) in [5.41, 5.74) is 1.77. The van der Waals surface area contributed by atoms with Crippen molar-refractivity contribution in [2.75, 3.05) is 0 Å². The van der Waals surface area contributed by atoms with Gasteiger partial charge in [-0.25, -0.2) is 4.39 Å². The lowest BCUT2D eigenvalue weighted by Gasteiger charge is -2.12. The van der Waals surface area contributed by atoms with Crippen molar-refractivity contribution in [3.63, 3.8) is 0 Å². The number of nitrogens with zero attached hydrogens (tertiary/aromatic N) is 3. The molecule has 0 saturated carbocycles. The van der Waals surface area contributed by atoms with Gasteiger partial charge in [-0.2, -0.15) is 0 Å². The van der Waals surface area contributed by atoms with Crippen molar-refractivity contribution in [1.82, 2.24) is 20.1 Å². The van der Waals surface area contributed by atoms with Gasteiger partial charge in [0.1, 0.15) is 5.82 Å². The Balaban J connectivity index is 1.60. The molecule has 1 N–H and O–H groups in total. The minimum absolute atomic E-state index is 0.0389. The Hall–Kier alpha value is -2.39. The van der Waals surface area contributed by atoms with E-state index in [1.807, 2.05) is 24.3 Å². The normalized spacial score (nSPS) is 10.9. The number of hydrogen-bond donors (Lipinski definition) is 1. The molecule has 0 atom stereocenters. The van der Waals surface area contributed by atoms with Gasteiger partial charge in [-0.1, -0.05) is 75.2 Å². The molecule has 0 aliphatic heterocycles. The van der Waals surface area contributed by atoms with E-state index in [1.54, 1.807) is 28.8 Å². The summed E-state index contributed by atoms with van der Waals surface area (Å²) < 4.78 is 16.8. The molecule has 0 bridgehead atoms. The number of amides is 1. The number of benzene rings is 3. The van der Waals surface area contributed by atoms with Gasteiger partial charge in [-0.05, 0) is 48.0 Å². The molecule has 1 heterocycles. The fourth-order valence-electron chi connectivity index (χ4n) is 3.02. The molecule has 0 fully saturated rings. The molecule has 4 rings (SSSR count). The van der Waals surface area contributed by atoms with E-state index >= 15 is 0 Å². The molecule has 5 nitrogen and oxygen atoms in total. The zero-order chi connectivity index (χ0) is 23.4. The first-order valence-corrected chi connectivity index (χ1v) is 12.3. The first-order valence-electron chi connectivity index (χ1n) is 9.72. The summed E-state index contributed by atoms with van der Waals surface area (Å²) in [5.74, 6) is -0.00199. The highest BCUT2D eigenvalue weighted by atomic mass is 79.9. The number of carbonyl (C=O) groups excluding carboxylic acids is 1. The molecule has 0 saturated heterocycles. The fourth-order valence-corrected chi connectivity index (χ4v) is 4.50. The Labute approximate surface area is 212 Å². The maximum absolute atomic E-state index is 14.0. The van der Waals surface area contributed by atoms with Crippen LogP contribution in [0.5, 0.6) is 0 Å². The maximum atomic E-state index is 14.0. The van der Waals surface area contributed by atoms with E-state index < -0.39 is 11.7 Å². The van der Waals surface area contributed by atoms with Crippen molar-refractivity contribution in [3.05, 3.63) is 104 Å². The van der Waals surface area contributed by atoms with Crippen LogP contribution in [0.2, 0.25) is 10.0 Å². The van der Waals surface area contributed by atoms with Crippen LogP contribution in [0, 0.1) is 5.82 Å². The van der Waals surface area contributed by atoms with Gasteiger partial charge in [0, 0.05) is 10.2 Å². The van der Waals surface area contributed by atoms with Crippen molar-refractivity contribution < 1.29 is 9.18 Å². The van der Waals surface area contributed by atoms with Crippen LogP contribution in [-0.4, -0.2) is 20.7 Å². The first kappa shape index (κ1) is 23.8. The zero-order valence-corrected chi connectivity index (χ0v) is 20.8. The van der Waals surface area contributed by atoms with Crippen LogP contribution in [-0.2, 0) is 12.3 Å². The lowest BCUT2D eigenvalue weighted by molar-refractivity contribution is 0.0945.